The Morgan fingerprint density at radius 1 is 1.12 bits per heavy atom. The molecule has 0 spiro atoms. The minimum atomic E-state index is -0.0560. The first kappa shape index (κ1) is 13.3. The number of urea groups is 1. The van der Waals surface area contributed by atoms with Crippen LogP contribution in [0.3, 0.4) is 0 Å². The monoisotopic (exact) mass is 227 g/mol. The van der Waals surface area contributed by atoms with Gasteiger partial charge < -0.3 is 15.5 Å². The Morgan fingerprint density at radius 2 is 1.75 bits per heavy atom. The van der Waals surface area contributed by atoms with Gasteiger partial charge in [-0.3, -0.25) is 0 Å². The second kappa shape index (κ2) is 6.74. The highest BCUT2D eigenvalue weighted by Gasteiger charge is 2.14. The van der Waals surface area contributed by atoms with Crippen molar-refractivity contribution >= 4 is 6.03 Å². The lowest BCUT2D eigenvalue weighted by Crippen LogP contribution is -2.48. The Morgan fingerprint density at radius 3 is 2.31 bits per heavy atom. The van der Waals surface area contributed by atoms with Crippen molar-refractivity contribution in [1.29, 1.82) is 0 Å². The summed E-state index contributed by atoms with van der Waals surface area (Å²) in [6.45, 7) is 9.32. The van der Waals surface area contributed by atoms with Gasteiger partial charge in [0.15, 0.2) is 0 Å². The summed E-state index contributed by atoms with van der Waals surface area (Å²) in [7, 11) is 0. The van der Waals surface area contributed by atoms with Crippen molar-refractivity contribution in [2.24, 2.45) is 0 Å². The highest BCUT2D eigenvalue weighted by molar-refractivity contribution is 5.74. The van der Waals surface area contributed by atoms with Gasteiger partial charge in [0.05, 0.1) is 0 Å². The Labute approximate surface area is 98.8 Å². The third-order valence-electron chi connectivity index (χ3n) is 2.78. The van der Waals surface area contributed by atoms with Crippen molar-refractivity contribution in [3.8, 4) is 0 Å². The summed E-state index contributed by atoms with van der Waals surface area (Å²) in [4.78, 5) is 13.9. The molecule has 2 amide bonds. The van der Waals surface area contributed by atoms with E-state index in [4.69, 9.17) is 0 Å². The van der Waals surface area contributed by atoms with Crippen molar-refractivity contribution in [2.75, 3.05) is 19.6 Å². The van der Waals surface area contributed by atoms with E-state index < -0.39 is 0 Å². The fraction of sp³-hybridized carbons (Fsp3) is 0.917. The maximum atomic E-state index is 11.5. The van der Waals surface area contributed by atoms with E-state index >= 15 is 0 Å². The molecule has 4 heteroatoms. The maximum absolute atomic E-state index is 11.5. The second-order valence-corrected chi connectivity index (χ2v) is 5.03. The van der Waals surface area contributed by atoms with Gasteiger partial charge in [-0.1, -0.05) is 6.42 Å². The summed E-state index contributed by atoms with van der Waals surface area (Å²) in [6, 6.07) is 0.360. The van der Waals surface area contributed by atoms with Crippen LogP contribution in [0, 0.1) is 0 Å². The standard InChI is InChI=1S/C12H25N3O/c1-10(2)13-12(16)14-11(3)9-15-7-5-4-6-8-15/h10-11H,4-9H2,1-3H3,(H2,13,14,16). The van der Waals surface area contributed by atoms with Crippen LogP contribution in [0.2, 0.25) is 0 Å². The van der Waals surface area contributed by atoms with Crippen molar-refractivity contribution < 1.29 is 4.79 Å². The molecule has 1 aliphatic rings. The normalized spacial score (nSPS) is 19.5. The van der Waals surface area contributed by atoms with E-state index in [1.165, 1.54) is 32.4 Å². The summed E-state index contributed by atoms with van der Waals surface area (Å²) in [5.41, 5.74) is 0. The molecule has 0 aromatic heterocycles. The van der Waals surface area contributed by atoms with Crippen LogP contribution < -0.4 is 10.6 Å². The van der Waals surface area contributed by atoms with E-state index in [0.29, 0.717) is 0 Å². The number of likely N-dealkylation sites (tertiary alicyclic amines) is 1. The van der Waals surface area contributed by atoms with Crippen LogP contribution in [-0.4, -0.2) is 42.6 Å². The van der Waals surface area contributed by atoms with Gasteiger partial charge in [0.25, 0.3) is 0 Å². The summed E-state index contributed by atoms with van der Waals surface area (Å²) >= 11 is 0. The zero-order chi connectivity index (χ0) is 12.0. The average molecular weight is 227 g/mol. The number of nitrogens with zero attached hydrogens (tertiary/aromatic N) is 1. The number of hydrogen-bond acceptors (Lipinski definition) is 2. The molecular formula is C12H25N3O. The number of carbonyl (C=O) groups excluding carboxylic acids is 1. The van der Waals surface area contributed by atoms with Gasteiger partial charge in [-0.25, -0.2) is 4.79 Å². The first-order valence-corrected chi connectivity index (χ1v) is 6.37. The third-order valence-corrected chi connectivity index (χ3v) is 2.78. The van der Waals surface area contributed by atoms with Crippen LogP contribution in [0.4, 0.5) is 4.79 Å². The molecule has 0 radical (unpaired) electrons. The summed E-state index contributed by atoms with van der Waals surface area (Å²) < 4.78 is 0. The molecule has 94 valence electrons. The number of carbonyl (C=O) groups is 1. The number of hydrogen-bond donors (Lipinski definition) is 2. The van der Waals surface area contributed by atoms with E-state index in [1.54, 1.807) is 0 Å². The lowest BCUT2D eigenvalue weighted by molar-refractivity contribution is 0.202. The van der Waals surface area contributed by atoms with Crippen LogP contribution in [0.5, 0.6) is 0 Å². The fourth-order valence-corrected chi connectivity index (χ4v) is 2.10. The number of amides is 2. The van der Waals surface area contributed by atoms with Crippen molar-refractivity contribution in [1.82, 2.24) is 15.5 Å². The van der Waals surface area contributed by atoms with Crippen LogP contribution in [0.25, 0.3) is 0 Å². The Kier molecular flexibility index (Phi) is 5.60. The van der Waals surface area contributed by atoms with Gasteiger partial charge in [-0.15, -0.1) is 0 Å². The van der Waals surface area contributed by atoms with E-state index in [1.807, 2.05) is 13.8 Å². The Hall–Kier alpha value is -0.770. The van der Waals surface area contributed by atoms with Gasteiger partial charge in [-0.2, -0.15) is 0 Å². The van der Waals surface area contributed by atoms with E-state index in [0.717, 1.165) is 6.54 Å². The molecule has 0 aromatic carbocycles. The zero-order valence-electron chi connectivity index (χ0n) is 10.8. The summed E-state index contributed by atoms with van der Waals surface area (Å²) in [6.07, 6.45) is 3.95. The molecule has 1 saturated heterocycles. The minimum absolute atomic E-state index is 0.0560. The molecular weight excluding hydrogens is 202 g/mol. The second-order valence-electron chi connectivity index (χ2n) is 5.03. The van der Waals surface area contributed by atoms with Crippen molar-refractivity contribution in [3.63, 3.8) is 0 Å². The minimum Gasteiger partial charge on any atom is -0.336 e. The van der Waals surface area contributed by atoms with Gasteiger partial charge in [-0.05, 0) is 46.7 Å². The summed E-state index contributed by atoms with van der Waals surface area (Å²) in [5, 5.41) is 5.81. The van der Waals surface area contributed by atoms with E-state index in [9.17, 15) is 4.79 Å². The lowest BCUT2D eigenvalue weighted by Gasteiger charge is -2.29. The predicted octanol–water partition coefficient (Wildman–Crippen LogP) is 1.57. The van der Waals surface area contributed by atoms with Crippen LogP contribution in [0.1, 0.15) is 40.0 Å². The molecule has 0 saturated carbocycles. The average Bonchev–Trinajstić information content (AvgIpc) is 2.17. The molecule has 1 fully saturated rings. The number of nitrogens with one attached hydrogen (secondary N) is 2. The van der Waals surface area contributed by atoms with Crippen molar-refractivity contribution in [2.45, 2.75) is 52.1 Å². The van der Waals surface area contributed by atoms with Crippen molar-refractivity contribution in [3.05, 3.63) is 0 Å². The SMILES string of the molecule is CC(C)NC(=O)NC(C)CN1CCCCC1. The Bertz CT molecular complexity index is 212. The molecule has 2 N–H and O–H groups in total. The molecule has 0 aromatic rings. The largest absolute Gasteiger partial charge is 0.336 e. The molecule has 4 nitrogen and oxygen atoms in total. The molecule has 1 atom stereocenters. The molecule has 1 rings (SSSR count). The predicted molar refractivity (Wildman–Crippen MR) is 66.6 cm³/mol. The quantitative estimate of drug-likeness (QED) is 0.765. The highest BCUT2D eigenvalue weighted by Crippen LogP contribution is 2.08. The van der Waals surface area contributed by atoms with Gasteiger partial charge in [0.1, 0.15) is 0 Å². The molecule has 16 heavy (non-hydrogen) atoms. The lowest BCUT2D eigenvalue weighted by atomic mass is 10.1. The first-order chi connectivity index (χ1) is 7.58. The number of piperidine rings is 1. The Balaban J connectivity index is 2.18. The smallest absolute Gasteiger partial charge is 0.315 e. The van der Waals surface area contributed by atoms with Gasteiger partial charge >= 0.3 is 6.03 Å². The summed E-state index contributed by atoms with van der Waals surface area (Å²) in [5.74, 6) is 0. The zero-order valence-corrected chi connectivity index (χ0v) is 10.8. The highest BCUT2D eigenvalue weighted by atomic mass is 16.2. The van der Waals surface area contributed by atoms with Crippen LogP contribution in [0.15, 0.2) is 0 Å². The van der Waals surface area contributed by atoms with E-state index in [-0.39, 0.29) is 18.1 Å². The first-order valence-electron chi connectivity index (χ1n) is 6.37. The van der Waals surface area contributed by atoms with Crippen LogP contribution in [-0.2, 0) is 0 Å². The maximum Gasteiger partial charge on any atom is 0.315 e. The molecule has 1 unspecified atom stereocenters. The third kappa shape index (κ3) is 5.35. The van der Waals surface area contributed by atoms with Gasteiger partial charge in [0.2, 0.25) is 0 Å². The molecule has 0 aliphatic carbocycles. The van der Waals surface area contributed by atoms with Crippen LogP contribution >= 0.6 is 0 Å². The molecule has 0 bridgehead atoms. The van der Waals surface area contributed by atoms with Gasteiger partial charge in [0, 0.05) is 18.6 Å². The topological polar surface area (TPSA) is 44.4 Å². The van der Waals surface area contributed by atoms with E-state index in [2.05, 4.69) is 22.5 Å². The number of rotatable bonds is 4. The fourth-order valence-electron chi connectivity index (χ4n) is 2.10. The molecule has 1 aliphatic heterocycles. The molecule has 1 heterocycles.